The Labute approximate surface area is 128 Å². The molecule has 0 aliphatic rings. The van der Waals surface area contributed by atoms with Gasteiger partial charge in [0.05, 0.1) is 6.61 Å². The normalized spacial score (nSPS) is 11.9. The van der Waals surface area contributed by atoms with E-state index in [2.05, 4.69) is 39.9 Å². The molecule has 0 amide bonds. The molecule has 0 bridgehead atoms. The summed E-state index contributed by atoms with van der Waals surface area (Å²) in [5, 5.41) is 4.23. The van der Waals surface area contributed by atoms with Crippen molar-refractivity contribution in [1.29, 1.82) is 0 Å². The minimum Gasteiger partial charge on any atom is -0.493 e. The Kier molecular flexibility index (Phi) is 6.84. The molecule has 0 fully saturated rings. The van der Waals surface area contributed by atoms with Gasteiger partial charge in [0.1, 0.15) is 5.75 Å². The Bertz CT molecular complexity index is 410. The fourth-order valence-electron chi connectivity index (χ4n) is 1.86. The molecule has 0 spiro atoms. The average molecular weight is 298 g/mol. The SMILES string of the molecule is CC(C)CCCOc1ccc(Cl)cc1CNC(C)(C)C. The van der Waals surface area contributed by atoms with Crippen LogP contribution in [0.15, 0.2) is 18.2 Å². The maximum absolute atomic E-state index is 6.09. The zero-order chi connectivity index (χ0) is 15.2. The van der Waals surface area contributed by atoms with Crippen LogP contribution in [-0.4, -0.2) is 12.1 Å². The zero-order valence-corrected chi connectivity index (χ0v) is 14.2. The largest absolute Gasteiger partial charge is 0.493 e. The Morgan fingerprint density at radius 2 is 1.95 bits per heavy atom. The van der Waals surface area contributed by atoms with E-state index in [0.29, 0.717) is 0 Å². The Hall–Kier alpha value is -0.730. The summed E-state index contributed by atoms with van der Waals surface area (Å²) in [4.78, 5) is 0. The monoisotopic (exact) mass is 297 g/mol. The van der Waals surface area contributed by atoms with Gasteiger partial charge in [0, 0.05) is 22.7 Å². The molecule has 114 valence electrons. The second kappa shape index (κ2) is 7.90. The quantitative estimate of drug-likeness (QED) is 0.712. The minimum absolute atomic E-state index is 0.0806. The Balaban J connectivity index is 2.60. The molecule has 0 heterocycles. The number of ether oxygens (including phenoxy) is 1. The van der Waals surface area contributed by atoms with Gasteiger partial charge in [0.15, 0.2) is 0 Å². The molecule has 1 rings (SSSR count). The van der Waals surface area contributed by atoms with Crippen molar-refractivity contribution in [3.63, 3.8) is 0 Å². The highest BCUT2D eigenvalue weighted by molar-refractivity contribution is 6.30. The lowest BCUT2D eigenvalue weighted by Crippen LogP contribution is -2.35. The van der Waals surface area contributed by atoms with Gasteiger partial charge >= 0.3 is 0 Å². The van der Waals surface area contributed by atoms with Crippen LogP contribution in [0.25, 0.3) is 0 Å². The molecular weight excluding hydrogens is 270 g/mol. The van der Waals surface area contributed by atoms with Crippen LogP contribution in [0, 0.1) is 5.92 Å². The molecule has 1 aromatic rings. The lowest BCUT2D eigenvalue weighted by Gasteiger charge is -2.22. The molecule has 1 N–H and O–H groups in total. The van der Waals surface area contributed by atoms with Crippen LogP contribution in [0.1, 0.15) is 53.0 Å². The molecule has 0 aromatic heterocycles. The topological polar surface area (TPSA) is 21.3 Å². The van der Waals surface area contributed by atoms with Gasteiger partial charge < -0.3 is 10.1 Å². The van der Waals surface area contributed by atoms with Crippen molar-refractivity contribution in [3.05, 3.63) is 28.8 Å². The second-order valence-corrected chi connectivity index (χ2v) is 7.18. The van der Waals surface area contributed by atoms with Crippen LogP contribution in [0.2, 0.25) is 5.02 Å². The first-order valence-electron chi connectivity index (χ1n) is 7.44. The third kappa shape index (κ3) is 7.16. The number of hydrogen-bond acceptors (Lipinski definition) is 2. The van der Waals surface area contributed by atoms with Crippen LogP contribution in [-0.2, 0) is 6.54 Å². The van der Waals surface area contributed by atoms with E-state index in [9.17, 15) is 0 Å². The highest BCUT2D eigenvalue weighted by Gasteiger charge is 2.11. The Morgan fingerprint density at radius 1 is 1.25 bits per heavy atom. The van der Waals surface area contributed by atoms with Crippen molar-refractivity contribution >= 4 is 11.6 Å². The van der Waals surface area contributed by atoms with E-state index >= 15 is 0 Å². The fraction of sp³-hybridized carbons (Fsp3) is 0.647. The van der Waals surface area contributed by atoms with Gasteiger partial charge in [-0.1, -0.05) is 25.4 Å². The van der Waals surface area contributed by atoms with Gasteiger partial charge in [0.25, 0.3) is 0 Å². The molecular formula is C17H28ClNO. The number of nitrogens with one attached hydrogen (secondary N) is 1. The van der Waals surface area contributed by atoms with Crippen LogP contribution in [0.5, 0.6) is 5.75 Å². The maximum atomic E-state index is 6.09. The summed E-state index contributed by atoms with van der Waals surface area (Å²) >= 11 is 6.09. The molecule has 3 heteroatoms. The number of hydrogen-bond donors (Lipinski definition) is 1. The predicted molar refractivity (Wildman–Crippen MR) is 87.6 cm³/mol. The maximum Gasteiger partial charge on any atom is 0.123 e. The lowest BCUT2D eigenvalue weighted by molar-refractivity contribution is 0.293. The summed E-state index contributed by atoms with van der Waals surface area (Å²) in [5.74, 6) is 1.67. The molecule has 1 aromatic carbocycles. The minimum atomic E-state index is 0.0806. The third-order valence-electron chi connectivity index (χ3n) is 3.02. The lowest BCUT2D eigenvalue weighted by atomic mass is 10.1. The first kappa shape index (κ1) is 17.3. The molecule has 0 saturated carbocycles. The van der Waals surface area contributed by atoms with Crippen LogP contribution >= 0.6 is 11.6 Å². The summed E-state index contributed by atoms with van der Waals surface area (Å²) in [6.07, 6.45) is 2.29. The van der Waals surface area contributed by atoms with Crippen LogP contribution in [0.4, 0.5) is 0 Å². The van der Waals surface area contributed by atoms with Gasteiger partial charge in [-0.2, -0.15) is 0 Å². The van der Waals surface area contributed by atoms with Crippen molar-refractivity contribution < 1.29 is 4.74 Å². The second-order valence-electron chi connectivity index (χ2n) is 6.74. The smallest absolute Gasteiger partial charge is 0.123 e. The van der Waals surface area contributed by atoms with Crippen molar-refractivity contribution in [3.8, 4) is 5.75 Å². The Morgan fingerprint density at radius 3 is 2.55 bits per heavy atom. The summed E-state index contributed by atoms with van der Waals surface area (Å²) in [7, 11) is 0. The standard InChI is InChI=1S/C17H28ClNO/c1-13(2)7-6-10-20-16-9-8-15(18)11-14(16)12-19-17(3,4)5/h8-9,11,13,19H,6-7,10,12H2,1-5H3. The van der Waals surface area contributed by atoms with E-state index in [4.69, 9.17) is 16.3 Å². The number of rotatable bonds is 7. The van der Waals surface area contributed by atoms with Gasteiger partial charge in [-0.15, -0.1) is 0 Å². The third-order valence-corrected chi connectivity index (χ3v) is 3.25. The molecule has 0 aliphatic heterocycles. The van der Waals surface area contributed by atoms with Gasteiger partial charge in [-0.25, -0.2) is 0 Å². The first-order chi connectivity index (χ1) is 9.28. The van der Waals surface area contributed by atoms with E-state index in [1.54, 1.807) is 0 Å². The van der Waals surface area contributed by atoms with Crippen LogP contribution < -0.4 is 10.1 Å². The van der Waals surface area contributed by atoms with Crippen molar-refractivity contribution in [2.75, 3.05) is 6.61 Å². The fourth-order valence-corrected chi connectivity index (χ4v) is 2.06. The molecule has 20 heavy (non-hydrogen) atoms. The molecule has 0 aliphatic carbocycles. The highest BCUT2D eigenvalue weighted by atomic mass is 35.5. The van der Waals surface area contributed by atoms with E-state index in [1.165, 1.54) is 6.42 Å². The van der Waals surface area contributed by atoms with Gasteiger partial charge in [0.2, 0.25) is 0 Å². The molecule has 0 saturated heterocycles. The highest BCUT2D eigenvalue weighted by Crippen LogP contribution is 2.24. The van der Waals surface area contributed by atoms with Crippen molar-refractivity contribution in [2.45, 2.75) is 59.5 Å². The molecule has 2 nitrogen and oxygen atoms in total. The summed E-state index contributed by atoms with van der Waals surface area (Å²) in [6, 6.07) is 5.84. The number of halogens is 1. The van der Waals surface area contributed by atoms with E-state index in [0.717, 1.165) is 41.8 Å². The van der Waals surface area contributed by atoms with Crippen molar-refractivity contribution in [1.82, 2.24) is 5.32 Å². The van der Waals surface area contributed by atoms with Gasteiger partial charge in [-0.05, 0) is 57.7 Å². The first-order valence-corrected chi connectivity index (χ1v) is 7.82. The summed E-state index contributed by atoms with van der Waals surface area (Å²) in [5.41, 5.74) is 1.20. The molecule has 0 atom stereocenters. The summed E-state index contributed by atoms with van der Waals surface area (Å²) < 4.78 is 5.91. The van der Waals surface area contributed by atoms with Crippen molar-refractivity contribution in [2.24, 2.45) is 5.92 Å². The van der Waals surface area contributed by atoms with Gasteiger partial charge in [-0.3, -0.25) is 0 Å². The molecule has 0 unspecified atom stereocenters. The number of benzene rings is 1. The molecule has 0 radical (unpaired) electrons. The van der Waals surface area contributed by atoms with Crippen LogP contribution in [0.3, 0.4) is 0 Å². The van der Waals surface area contributed by atoms with E-state index in [-0.39, 0.29) is 5.54 Å². The predicted octanol–water partition coefficient (Wildman–Crippen LogP) is 5.04. The average Bonchev–Trinajstić information content (AvgIpc) is 2.32. The zero-order valence-electron chi connectivity index (χ0n) is 13.4. The van der Waals surface area contributed by atoms with E-state index in [1.807, 2.05) is 18.2 Å². The van der Waals surface area contributed by atoms with E-state index < -0.39 is 0 Å². The summed E-state index contributed by atoms with van der Waals surface area (Å²) in [6.45, 7) is 12.5.